The number of nitrogens with zero attached hydrogens (tertiary/aromatic N) is 2. The van der Waals surface area contributed by atoms with E-state index in [4.69, 9.17) is 16.3 Å². The zero-order valence-corrected chi connectivity index (χ0v) is 12.2. The van der Waals surface area contributed by atoms with Crippen molar-refractivity contribution in [2.75, 3.05) is 12.4 Å². The van der Waals surface area contributed by atoms with Crippen molar-refractivity contribution >= 4 is 28.9 Å². The molecule has 3 rings (SSSR count). The van der Waals surface area contributed by atoms with Gasteiger partial charge >= 0.3 is 0 Å². The Morgan fingerprint density at radius 3 is 2.36 bits per heavy atom. The monoisotopic (exact) mass is 315 g/mol. The van der Waals surface area contributed by atoms with E-state index >= 15 is 0 Å². The second-order valence-electron chi connectivity index (χ2n) is 4.43. The van der Waals surface area contributed by atoms with Crippen molar-refractivity contribution < 1.29 is 14.3 Å². The van der Waals surface area contributed by atoms with E-state index in [1.54, 1.807) is 24.3 Å². The van der Waals surface area contributed by atoms with Crippen LogP contribution in [0.4, 0.5) is 5.69 Å². The van der Waals surface area contributed by atoms with Gasteiger partial charge in [-0.1, -0.05) is 23.7 Å². The number of hydrogen-bond donors (Lipinski definition) is 1. The van der Waals surface area contributed by atoms with Gasteiger partial charge in [0.05, 0.1) is 12.8 Å². The number of para-hydroxylation sites is 2. The summed E-state index contributed by atoms with van der Waals surface area (Å²) in [5, 5.41) is 2.64. The predicted molar refractivity (Wildman–Crippen MR) is 80.2 cm³/mol. The lowest BCUT2D eigenvalue weighted by molar-refractivity contribution is 0.0974. The highest BCUT2D eigenvalue weighted by Gasteiger charge is 2.34. The first kappa shape index (κ1) is 14.2. The summed E-state index contributed by atoms with van der Waals surface area (Å²) in [5.74, 6) is -0.509. The van der Waals surface area contributed by atoms with Gasteiger partial charge in [0.25, 0.3) is 0 Å². The number of fused-ring (bicyclic) bond motifs is 1. The first-order chi connectivity index (χ1) is 10.6. The average molecular weight is 316 g/mol. The molecule has 1 aliphatic rings. The van der Waals surface area contributed by atoms with Crippen molar-refractivity contribution in [3.63, 3.8) is 0 Å². The summed E-state index contributed by atoms with van der Waals surface area (Å²) in [6.45, 7) is 0. The molecular weight excluding hydrogens is 306 g/mol. The Bertz CT molecular complexity index is 817. The van der Waals surface area contributed by atoms with E-state index in [1.807, 2.05) is 0 Å². The van der Waals surface area contributed by atoms with Gasteiger partial charge in [-0.2, -0.15) is 0 Å². The number of benzene rings is 1. The van der Waals surface area contributed by atoms with E-state index in [-0.39, 0.29) is 22.1 Å². The zero-order valence-electron chi connectivity index (χ0n) is 11.5. The number of halogens is 1. The Morgan fingerprint density at radius 2 is 1.68 bits per heavy atom. The highest BCUT2D eigenvalue weighted by Crippen LogP contribution is 2.30. The molecule has 2 aromatic rings. The Labute approximate surface area is 130 Å². The van der Waals surface area contributed by atoms with Crippen molar-refractivity contribution in [3.8, 4) is 5.75 Å². The third-order valence-electron chi connectivity index (χ3n) is 3.14. The van der Waals surface area contributed by atoms with Crippen LogP contribution in [-0.4, -0.2) is 28.6 Å². The summed E-state index contributed by atoms with van der Waals surface area (Å²) < 4.78 is 5.20. The molecule has 6 nitrogen and oxygen atoms in total. The van der Waals surface area contributed by atoms with Crippen LogP contribution in [0.1, 0.15) is 21.0 Å². The number of ketones is 2. The molecule has 1 N–H and O–H groups in total. The summed E-state index contributed by atoms with van der Waals surface area (Å²) in [5.41, 5.74) is 0.424. The van der Waals surface area contributed by atoms with E-state index in [0.29, 0.717) is 11.4 Å². The van der Waals surface area contributed by atoms with Crippen LogP contribution < -0.4 is 10.1 Å². The quantitative estimate of drug-likeness (QED) is 0.937. The smallest absolute Gasteiger partial charge is 0.231 e. The summed E-state index contributed by atoms with van der Waals surface area (Å²) in [7, 11) is 1.51. The van der Waals surface area contributed by atoms with Gasteiger partial charge < -0.3 is 10.1 Å². The minimum atomic E-state index is -0.540. The molecule has 0 spiro atoms. The second-order valence-corrected chi connectivity index (χ2v) is 4.80. The van der Waals surface area contributed by atoms with Crippen molar-refractivity contribution in [3.05, 3.63) is 58.8 Å². The molecule has 0 amide bonds. The Hall–Kier alpha value is -2.73. The molecule has 0 bridgehead atoms. The highest BCUT2D eigenvalue weighted by molar-refractivity contribution is 6.49. The number of rotatable bonds is 3. The van der Waals surface area contributed by atoms with Crippen LogP contribution in [0.5, 0.6) is 5.75 Å². The maximum Gasteiger partial charge on any atom is 0.231 e. The molecule has 0 saturated heterocycles. The maximum atomic E-state index is 12.5. The fourth-order valence-electron chi connectivity index (χ4n) is 2.10. The molecule has 0 atom stereocenters. The van der Waals surface area contributed by atoms with Gasteiger partial charge in [-0.25, -0.2) is 9.97 Å². The van der Waals surface area contributed by atoms with Gasteiger partial charge in [-0.05, 0) is 12.1 Å². The molecule has 0 unspecified atom stereocenters. The number of aromatic nitrogens is 2. The Morgan fingerprint density at radius 1 is 1.05 bits per heavy atom. The molecule has 7 heteroatoms. The van der Waals surface area contributed by atoms with Crippen LogP contribution in [0.15, 0.2) is 47.4 Å². The number of anilines is 1. The number of hydrogen-bond acceptors (Lipinski definition) is 6. The number of Topliss-reactive ketones (excluding diaryl/α,β-unsaturated/α-hetero) is 2. The minimum Gasteiger partial charge on any atom is -0.495 e. The topological polar surface area (TPSA) is 81.2 Å². The first-order valence-electron chi connectivity index (χ1n) is 6.33. The number of carbonyl (C=O) groups is 2. The molecule has 0 fully saturated rings. The third-order valence-corrected chi connectivity index (χ3v) is 3.50. The molecular formula is C15H10ClN3O3. The molecule has 1 aliphatic carbocycles. The molecule has 1 aromatic heterocycles. The van der Waals surface area contributed by atoms with E-state index in [0.717, 1.165) is 0 Å². The summed E-state index contributed by atoms with van der Waals surface area (Å²) in [6.07, 6.45) is 2.69. The van der Waals surface area contributed by atoms with Gasteiger partial charge in [-0.3, -0.25) is 9.59 Å². The largest absolute Gasteiger partial charge is 0.495 e. The molecule has 0 aliphatic heterocycles. The van der Waals surface area contributed by atoms with Crippen molar-refractivity contribution in [1.82, 2.24) is 9.97 Å². The lowest BCUT2D eigenvalue weighted by Gasteiger charge is -2.18. The number of ether oxygens (including phenoxy) is 1. The van der Waals surface area contributed by atoms with E-state index in [9.17, 15) is 9.59 Å². The predicted octanol–water partition coefficient (Wildman–Crippen LogP) is 2.43. The van der Waals surface area contributed by atoms with Crippen molar-refractivity contribution in [2.24, 2.45) is 0 Å². The minimum absolute atomic E-state index is 0.0192. The Kier molecular flexibility index (Phi) is 3.60. The van der Waals surface area contributed by atoms with E-state index in [1.165, 1.54) is 19.5 Å². The van der Waals surface area contributed by atoms with Crippen LogP contribution in [0, 0.1) is 0 Å². The molecule has 0 saturated carbocycles. The second kappa shape index (κ2) is 5.57. The van der Waals surface area contributed by atoms with Gasteiger partial charge in [0.1, 0.15) is 27.9 Å². The number of carbonyl (C=O) groups excluding carboxylic acids is 2. The van der Waals surface area contributed by atoms with Gasteiger partial charge in [0.15, 0.2) is 0 Å². The SMILES string of the molecule is COc1ccccc1NC1=C(Cl)C(=O)c2nccnc2C1=O. The third kappa shape index (κ3) is 2.23. The normalized spacial score (nSPS) is 13.9. The fourth-order valence-corrected chi connectivity index (χ4v) is 2.32. The molecule has 110 valence electrons. The van der Waals surface area contributed by atoms with Crippen molar-refractivity contribution in [1.29, 1.82) is 0 Å². The summed E-state index contributed by atoms with van der Waals surface area (Å²) in [4.78, 5) is 32.5. The number of allylic oxidation sites excluding steroid dienone is 2. The van der Waals surface area contributed by atoms with E-state index < -0.39 is 11.6 Å². The van der Waals surface area contributed by atoms with Crippen LogP contribution in [0.3, 0.4) is 0 Å². The molecule has 1 heterocycles. The fraction of sp³-hybridized carbons (Fsp3) is 0.0667. The van der Waals surface area contributed by atoms with Gasteiger partial charge in [0.2, 0.25) is 11.6 Å². The molecule has 22 heavy (non-hydrogen) atoms. The lowest BCUT2D eigenvalue weighted by Crippen LogP contribution is -2.26. The van der Waals surface area contributed by atoms with Crippen LogP contribution in [0.25, 0.3) is 0 Å². The van der Waals surface area contributed by atoms with Crippen LogP contribution >= 0.6 is 11.6 Å². The van der Waals surface area contributed by atoms with E-state index in [2.05, 4.69) is 15.3 Å². The van der Waals surface area contributed by atoms with Gasteiger partial charge in [0, 0.05) is 12.4 Å². The average Bonchev–Trinajstić information content (AvgIpc) is 2.57. The van der Waals surface area contributed by atoms with Crippen LogP contribution in [0.2, 0.25) is 0 Å². The standard InChI is InChI=1S/C15H10ClN3O3/c1-22-9-5-3-2-4-8(9)19-11-10(16)14(20)12-13(15(11)21)18-7-6-17-12/h2-7,19H,1H3. The zero-order chi connectivity index (χ0) is 15.7. The first-order valence-corrected chi connectivity index (χ1v) is 6.71. The molecule has 1 aromatic carbocycles. The maximum absolute atomic E-state index is 12.5. The van der Waals surface area contributed by atoms with Gasteiger partial charge in [-0.15, -0.1) is 0 Å². The Balaban J connectivity index is 2.06. The number of nitrogens with one attached hydrogen (secondary N) is 1. The number of methoxy groups -OCH3 is 1. The van der Waals surface area contributed by atoms with Crippen LogP contribution in [-0.2, 0) is 0 Å². The lowest BCUT2D eigenvalue weighted by atomic mass is 10.0. The highest BCUT2D eigenvalue weighted by atomic mass is 35.5. The summed E-state index contributed by atoms with van der Waals surface area (Å²) >= 11 is 6.04. The molecule has 0 radical (unpaired) electrons. The summed E-state index contributed by atoms with van der Waals surface area (Å²) in [6, 6.07) is 6.98. The van der Waals surface area contributed by atoms with Crippen molar-refractivity contribution in [2.45, 2.75) is 0 Å².